The van der Waals surface area contributed by atoms with Crippen LogP contribution in [0.1, 0.15) is 42.0 Å². The van der Waals surface area contributed by atoms with Gasteiger partial charge in [-0.1, -0.05) is 91.7 Å². The molecule has 0 heterocycles. The lowest BCUT2D eigenvalue weighted by Gasteiger charge is -2.34. The van der Waals surface area contributed by atoms with E-state index in [2.05, 4.69) is 5.32 Å². The number of anilines is 1. The Kier molecular flexibility index (Phi) is 11.8. The van der Waals surface area contributed by atoms with Gasteiger partial charge in [-0.25, -0.2) is 8.42 Å². The molecule has 4 aromatic carbocycles. The zero-order valence-corrected chi connectivity index (χ0v) is 27.5. The number of unbranched alkanes of at least 4 members (excludes halogenated alkanes) is 1. The Morgan fingerprint density at radius 1 is 0.822 bits per heavy atom. The third kappa shape index (κ3) is 8.96. The fourth-order valence-corrected chi connectivity index (χ4v) is 6.53. The van der Waals surface area contributed by atoms with Crippen LogP contribution in [0.5, 0.6) is 0 Å². The topological polar surface area (TPSA) is 86.8 Å². The van der Waals surface area contributed by atoms with Gasteiger partial charge in [-0.3, -0.25) is 13.9 Å². The van der Waals surface area contributed by atoms with Crippen molar-refractivity contribution in [3.63, 3.8) is 0 Å². The molecular weight excluding hydrogens is 606 g/mol. The number of aryl methyl sites for hydroxylation is 2. The summed E-state index contributed by atoms with van der Waals surface area (Å²) in [6.07, 6.45) is 1.96. The van der Waals surface area contributed by atoms with Gasteiger partial charge >= 0.3 is 0 Å². The van der Waals surface area contributed by atoms with Crippen molar-refractivity contribution in [2.24, 2.45) is 0 Å². The van der Waals surface area contributed by atoms with Crippen LogP contribution >= 0.6 is 11.6 Å². The Morgan fingerprint density at radius 2 is 1.47 bits per heavy atom. The van der Waals surface area contributed by atoms with Crippen LogP contribution in [0.25, 0.3) is 0 Å². The van der Waals surface area contributed by atoms with Crippen LogP contribution in [0.3, 0.4) is 0 Å². The molecule has 0 saturated carbocycles. The number of nitrogens with one attached hydrogen (secondary N) is 1. The second-order valence-corrected chi connectivity index (χ2v) is 13.4. The highest BCUT2D eigenvalue weighted by Crippen LogP contribution is 2.27. The van der Waals surface area contributed by atoms with E-state index >= 15 is 0 Å². The largest absolute Gasteiger partial charge is 0.354 e. The number of amides is 2. The predicted octanol–water partition coefficient (Wildman–Crippen LogP) is 6.71. The summed E-state index contributed by atoms with van der Waals surface area (Å²) in [6, 6.07) is 29.1. The van der Waals surface area contributed by atoms with Gasteiger partial charge in [-0.2, -0.15) is 0 Å². The van der Waals surface area contributed by atoms with E-state index in [9.17, 15) is 18.0 Å². The molecule has 45 heavy (non-hydrogen) atoms. The van der Waals surface area contributed by atoms with Crippen LogP contribution in [-0.2, 0) is 32.6 Å². The van der Waals surface area contributed by atoms with Gasteiger partial charge in [0.15, 0.2) is 0 Å². The summed E-state index contributed by atoms with van der Waals surface area (Å²) in [5.74, 6) is -0.799. The molecule has 1 atom stereocenters. The Hall–Kier alpha value is -4.14. The van der Waals surface area contributed by atoms with Crippen molar-refractivity contribution in [2.75, 3.05) is 17.4 Å². The zero-order valence-electron chi connectivity index (χ0n) is 25.9. The molecule has 4 aromatic rings. The van der Waals surface area contributed by atoms with E-state index in [1.54, 1.807) is 54.6 Å². The molecule has 0 fully saturated rings. The Morgan fingerprint density at radius 3 is 2.09 bits per heavy atom. The number of sulfonamides is 1. The fourth-order valence-electron chi connectivity index (χ4n) is 4.98. The molecule has 0 radical (unpaired) electrons. The molecule has 1 N–H and O–H groups in total. The van der Waals surface area contributed by atoms with Gasteiger partial charge in [0.25, 0.3) is 10.0 Å². The van der Waals surface area contributed by atoms with Gasteiger partial charge in [0.2, 0.25) is 11.8 Å². The van der Waals surface area contributed by atoms with E-state index in [1.807, 2.05) is 57.2 Å². The molecule has 0 unspecified atom stereocenters. The van der Waals surface area contributed by atoms with Crippen molar-refractivity contribution >= 4 is 39.1 Å². The Bertz CT molecular complexity index is 1680. The average molecular weight is 646 g/mol. The number of carbonyl (C=O) groups is 2. The fraction of sp³-hybridized carbons (Fsp3) is 0.278. The minimum Gasteiger partial charge on any atom is -0.354 e. The summed E-state index contributed by atoms with van der Waals surface area (Å²) in [6.45, 7) is 5.94. The quantitative estimate of drug-likeness (QED) is 0.155. The lowest BCUT2D eigenvalue weighted by Crippen LogP contribution is -2.53. The normalized spacial score (nSPS) is 11.9. The molecule has 2 amide bonds. The number of nitrogens with zero attached hydrogens (tertiary/aromatic N) is 2. The van der Waals surface area contributed by atoms with Crippen LogP contribution in [0, 0.1) is 13.8 Å². The summed E-state index contributed by atoms with van der Waals surface area (Å²) >= 11 is 6.15. The maximum atomic E-state index is 14.5. The van der Waals surface area contributed by atoms with Gasteiger partial charge in [0.1, 0.15) is 12.6 Å². The highest BCUT2D eigenvalue weighted by Gasteiger charge is 2.34. The van der Waals surface area contributed by atoms with Crippen LogP contribution in [-0.4, -0.2) is 44.3 Å². The molecule has 0 aliphatic rings. The van der Waals surface area contributed by atoms with E-state index in [4.69, 9.17) is 11.6 Å². The van der Waals surface area contributed by atoms with E-state index in [0.717, 1.165) is 39.4 Å². The van der Waals surface area contributed by atoms with Crippen LogP contribution < -0.4 is 9.62 Å². The number of benzene rings is 4. The van der Waals surface area contributed by atoms with Crippen molar-refractivity contribution in [1.82, 2.24) is 10.2 Å². The van der Waals surface area contributed by atoms with Crippen molar-refractivity contribution in [3.05, 3.63) is 130 Å². The van der Waals surface area contributed by atoms with Crippen LogP contribution in [0.2, 0.25) is 5.02 Å². The number of hydrogen-bond donors (Lipinski definition) is 1. The summed E-state index contributed by atoms with van der Waals surface area (Å²) in [7, 11) is -4.15. The van der Waals surface area contributed by atoms with Gasteiger partial charge in [0.05, 0.1) is 10.6 Å². The van der Waals surface area contributed by atoms with Crippen LogP contribution in [0.15, 0.2) is 108 Å². The standard InChI is InChI=1S/C36H40ClN3O4S/c1-4-5-22-38-36(42)34(24-29-12-8-6-9-13-29)39(25-30-17-19-31(37)20-18-30)35(41)26-40(32-21-16-27(2)28(3)23-32)45(43,44)33-14-10-7-11-15-33/h6-21,23,34H,4-5,22,24-26H2,1-3H3,(H,38,42)/t34-/m0/s1. The third-order valence-electron chi connectivity index (χ3n) is 7.76. The van der Waals surface area contributed by atoms with E-state index in [-0.39, 0.29) is 23.8 Å². The molecule has 4 rings (SSSR count). The summed E-state index contributed by atoms with van der Waals surface area (Å²) < 4.78 is 29.4. The van der Waals surface area contributed by atoms with Crippen molar-refractivity contribution < 1.29 is 18.0 Å². The molecule has 9 heteroatoms. The Labute approximate surface area is 271 Å². The molecule has 0 spiro atoms. The first kappa shape index (κ1) is 33.7. The average Bonchev–Trinajstić information content (AvgIpc) is 3.04. The highest BCUT2D eigenvalue weighted by atomic mass is 35.5. The molecule has 0 aliphatic heterocycles. The maximum Gasteiger partial charge on any atom is 0.264 e. The SMILES string of the molecule is CCCCNC(=O)[C@H](Cc1ccccc1)N(Cc1ccc(Cl)cc1)C(=O)CN(c1ccc(C)c(C)c1)S(=O)(=O)c1ccccc1. The second kappa shape index (κ2) is 15.7. The number of rotatable bonds is 14. The third-order valence-corrected chi connectivity index (χ3v) is 9.80. The summed E-state index contributed by atoms with van der Waals surface area (Å²) in [5.41, 5.74) is 3.90. The summed E-state index contributed by atoms with van der Waals surface area (Å²) in [4.78, 5) is 29.9. The molecule has 0 saturated heterocycles. The van der Waals surface area contributed by atoms with Gasteiger partial charge < -0.3 is 10.2 Å². The van der Waals surface area contributed by atoms with E-state index in [1.165, 1.54) is 17.0 Å². The zero-order chi connectivity index (χ0) is 32.4. The van der Waals surface area contributed by atoms with Gasteiger partial charge in [0, 0.05) is 24.5 Å². The van der Waals surface area contributed by atoms with E-state index < -0.39 is 28.5 Å². The predicted molar refractivity (Wildman–Crippen MR) is 181 cm³/mol. The minimum absolute atomic E-state index is 0.0680. The molecule has 0 aliphatic carbocycles. The first-order chi connectivity index (χ1) is 21.6. The number of hydrogen-bond acceptors (Lipinski definition) is 4. The molecular formula is C36H40ClN3O4S. The second-order valence-electron chi connectivity index (χ2n) is 11.1. The van der Waals surface area contributed by atoms with Crippen molar-refractivity contribution in [3.8, 4) is 0 Å². The molecule has 0 bridgehead atoms. The number of halogens is 1. The minimum atomic E-state index is -4.15. The molecule has 7 nitrogen and oxygen atoms in total. The lowest BCUT2D eigenvalue weighted by molar-refractivity contribution is -0.140. The van der Waals surface area contributed by atoms with E-state index in [0.29, 0.717) is 17.3 Å². The van der Waals surface area contributed by atoms with Crippen LogP contribution in [0.4, 0.5) is 5.69 Å². The number of carbonyl (C=O) groups excluding carboxylic acids is 2. The first-order valence-electron chi connectivity index (χ1n) is 15.1. The first-order valence-corrected chi connectivity index (χ1v) is 16.9. The smallest absolute Gasteiger partial charge is 0.264 e. The summed E-state index contributed by atoms with van der Waals surface area (Å²) in [5, 5.41) is 3.55. The Balaban J connectivity index is 1.79. The highest BCUT2D eigenvalue weighted by molar-refractivity contribution is 7.92. The van der Waals surface area contributed by atoms with Crippen molar-refractivity contribution in [2.45, 2.75) is 57.5 Å². The van der Waals surface area contributed by atoms with Crippen molar-refractivity contribution in [1.29, 1.82) is 0 Å². The molecule has 236 valence electrons. The maximum absolute atomic E-state index is 14.5. The van der Waals surface area contributed by atoms with Gasteiger partial charge in [-0.15, -0.1) is 0 Å². The lowest BCUT2D eigenvalue weighted by atomic mass is 10.0. The molecule has 0 aromatic heterocycles. The monoisotopic (exact) mass is 645 g/mol. The van der Waals surface area contributed by atoms with Gasteiger partial charge in [-0.05, 0) is 78.9 Å².